The molecule has 1 fully saturated rings. The molecule has 0 radical (unpaired) electrons. The van der Waals surface area contributed by atoms with Crippen LogP contribution < -0.4 is 0 Å². The first-order chi connectivity index (χ1) is 5.33. The number of aliphatic hydroxyl groups excluding tert-OH is 1. The zero-order chi connectivity index (χ0) is 7.84. The van der Waals surface area contributed by atoms with Crippen LogP contribution in [-0.4, -0.2) is 35.1 Å². The topological polar surface area (TPSA) is 40.5 Å². The van der Waals surface area contributed by atoms with E-state index in [-0.39, 0.29) is 18.6 Å². The van der Waals surface area contributed by atoms with Gasteiger partial charge in [0.25, 0.3) is 0 Å². The average Bonchev–Trinajstić information content (AvgIpc) is 2.53. The lowest BCUT2D eigenvalue weighted by molar-refractivity contribution is -0.127. The third-order valence-electron chi connectivity index (χ3n) is 2.49. The molecule has 3 nitrogen and oxygen atoms in total. The predicted octanol–water partition coefficient (Wildman–Crippen LogP) is -0.0903. The lowest BCUT2D eigenvalue weighted by Gasteiger charge is -2.16. The van der Waals surface area contributed by atoms with E-state index in [0.717, 1.165) is 12.0 Å². The Balaban J connectivity index is 2.17. The van der Waals surface area contributed by atoms with Gasteiger partial charge in [0.15, 0.2) is 0 Å². The smallest absolute Gasteiger partial charge is 0.223 e. The van der Waals surface area contributed by atoms with Gasteiger partial charge in [-0.2, -0.15) is 0 Å². The van der Waals surface area contributed by atoms with Gasteiger partial charge in [-0.25, -0.2) is 0 Å². The molecule has 0 aromatic heterocycles. The summed E-state index contributed by atoms with van der Waals surface area (Å²) in [5, 5.41) is 8.89. The molecule has 0 aliphatic carbocycles. The second-order valence-corrected chi connectivity index (χ2v) is 3.04. The van der Waals surface area contributed by atoms with Crippen molar-refractivity contribution in [2.45, 2.75) is 18.9 Å². The SMILES string of the molecule is O=C1CCC2C(CO)=CCN12. The maximum atomic E-state index is 11.1. The van der Waals surface area contributed by atoms with Crippen molar-refractivity contribution in [1.82, 2.24) is 4.90 Å². The minimum atomic E-state index is 0.106. The Labute approximate surface area is 65.3 Å². The summed E-state index contributed by atoms with van der Waals surface area (Å²) in [5.74, 6) is 0.231. The van der Waals surface area contributed by atoms with Crippen molar-refractivity contribution in [2.75, 3.05) is 13.2 Å². The van der Waals surface area contributed by atoms with Crippen LogP contribution in [0.25, 0.3) is 0 Å². The Hall–Kier alpha value is -0.830. The molecule has 0 aromatic rings. The number of carbonyl (C=O) groups is 1. The Morgan fingerprint density at radius 2 is 2.55 bits per heavy atom. The van der Waals surface area contributed by atoms with Gasteiger partial charge in [0.2, 0.25) is 5.91 Å². The molecule has 1 unspecified atom stereocenters. The molecule has 0 saturated carbocycles. The van der Waals surface area contributed by atoms with E-state index in [1.165, 1.54) is 0 Å². The molecule has 0 aromatic carbocycles. The molecule has 2 heterocycles. The molecule has 11 heavy (non-hydrogen) atoms. The van der Waals surface area contributed by atoms with E-state index in [1.54, 1.807) is 0 Å². The van der Waals surface area contributed by atoms with Crippen molar-refractivity contribution in [1.29, 1.82) is 0 Å². The summed E-state index contributed by atoms with van der Waals surface area (Å²) >= 11 is 0. The second kappa shape index (κ2) is 2.34. The van der Waals surface area contributed by atoms with Crippen molar-refractivity contribution in [3.63, 3.8) is 0 Å². The number of rotatable bonds is 1. The van der Waals surface area contributed by atoms with Crippen LogP contribution in [0.4, 0.5) is 0 Å². The third-order valence-corrected chi connectivity index (χ3v) is 2.49. The van der Waals surface area contributed by atoms with Gasteiger partial charge in [0.05, 0.1) is 12.6 Å². The van der Waals surface area contributed by atoms with E-state index < -0.39 is 0 Å². The molecule has 1 N–H and O–H groups in total. The molecule has 0 spiro atoms. The van der Waals surface area contributed by atoms with E-state index in [0.29, 0.717) is 13.0 Å². The van der Waals surface area contributed by atoms with E-state index in [2.05, 4.69) is 0 Å². The highest BCUT2D eigenvalue weighted by atomic mass is 16.3. The minimum Gasteiger partial charge on any atom is -0.392 e. The fourth-order valence-electron chi connectivity index (χ4n) is 1.87. The van der Waals surface area contributed by atoms with Crippen molar-refractivity contribution in [2.24, 2.45) is 0 Å². The number of hydrogen-bond acceptors (Lipinski definition) is 2. The van der Waals surface area contributed by atoms with Gasteiger partial charge < -0.3 is 10.0 Å². The number of fused-ring (bicyclic) bond motifs is 1. The first-order valence-electron chi connectivity index (χ1n) is 3.92. The quantitative estimate of drug-likeness (QED) is 0.535. The Morgan fingerprint density at radius 3 is 3.27 bits per heavy atom. The largest absolute Gasteiger partial charge is 0.392 e. The first kappa shape index (κ1) is 6.85. The van der Waals surface area contributed by atoms with Crippen LogP contribution in [-0.2, 0) is 4.79 Å². The molecule has 1 saturated heterocycles. The summed E-state index contributed by atoms with van der Waals surface area (Å²) in [6.45, 7) is 0.813. The number of hydrogen-bond donors (Lipinski definition) is 1. The zero-order valence-corrected chi connectivity index (χ0v) is 6.29. The third kappa shape index (κ3) is 0.878. The fourth-order valence-corrected chi connectivity index (χ4v) is 1.87. The summed E-state index contributed by atoms with van der Waals surface area (Å²) < 4.78 is 0. The van der Waals surface area contributed by atoms with Crippen molar-refractivity contribution in [3.05, 3.63) is 11.6 Å². The zero-order valence-electron chi connectivity index (χ0n) is 6.29. The summed E-state index contributed by atoms with van der Waals surface area (Å²) in [6.07, 6.45) is 3.51. The Morgan fingerprint density at radius 1 is 1.73 bits per heavy atom. The second-order valence-electron chi connectivity index (χ2n) is 3.04. The summed E-state index contributed by atoms with van der Waals surface area (Å²) in [4.78, 5) is 13.0. The van der Waals surface area contributed by atoms with Crippen molar-refractivity contribution >= 4 is 5.91 Å². The average molecular weight is 153 g/mol. The molecular formula is C8H11NO2. The van der Waals surface area contributed by atoms with Gasteiger partial charge >= 0.3 is 0 Å². The molecule has 60 valence electrons. The van der Waals surface area contributed by atoms with Gasteiger partial charge in [-0.05, 0) is 12.0 Å². The maximum absolute atomic E-state index is 11.1. The lowest BCUT2D eigenvalue weighted by atomic mass is 10.1. The maximum Gasteiger partial charge on any atom is 0.223 e. The summed E-state index contributed by atoms with van der Waals surface area (Å²) in [5.41, 5.74) is 1.02. The van der Waals surface area contributed by atoms with Crippen LogP contribution in [0.2, 0.25) is 0 Å². The molecule has 1 amide bonds. The van der Waals surface area contributed by atoms with E-state index in [9.17, 15) is 4.79 Å². The first-order valence-corrected chi connectivity index (χ1v) is 3.92. The normalized spacial score (nSPS) is 29.2. The minimum absolute atomic E-state index is 0.106. The number of aliphatic hydroxyl groups is 1. The standard InChI is InChI=1S/C8H11NO2/c10-5-6-3-4-9-7(6)1-2-8(9)11/h3,7,10H,1-2,4-5H2. The Bertz CT molecular complexity index is 222. The highest BCUT2D eigenvalue weighted by Gasteiger charge is 2.35. The van der Waals surface area contributed by atoms with Gasteiger partial charge in [-0.15, -0.1) is 0 Å². The lowest BCUT2D eigenvalue weighted by Crippen LogP contribution is -2.29. The summed E-state index contributed by atoms with van der Waals surface area (Å²) in [7, 11) is 0. The number of amides is 1. The van der Waals surface area contributed by atoms with Crippen LogP contribution in [0.15, 0.2) is 11.6 Å². The molecular weight excluding hydrogens is 142 g/mol. The van der Waals surface area contributed by atoms with E-state index in [1.807, 2.05) is 11.0 Å². The van der Waals surface area contributed by atoms with Gasteiger partial charge in [0.1, 0.15) is 0 Å². The molecule has 1 atom stereocenters. The van der Waals surface area contributed by atoms with Crippen LogP contribution in [0.3, 0.4) is 0 Å². The van der Waals surface area contributed by atoms with Crippen LogP contribution in [0.5, 0.6) is 0 Å². The van der Waals surface area contributed by atoms with Gasteiger partial charge in [0, 0.05) is 13.0 Å². The van der Waals surface area contributed by atoms with Crippen LogP contribution in [0.1, 0.15) is 12.8 Å². The van der Waals surface area contributed by atoms with Gasteiger partial charge in [-0.1, -0.05) is 6.08 Å². The highest BCUT2D eigenvalue weighted by molar-refractivity contribution is 5.80. The van der Waals surface area contributed by atoms with E-state index in [4.69, 9.17) is 5.11 Å². The van der Waals surface area contributed by atoms with Crippen molar-refractivity contribution < 1.29 is 9.90 Å². The van der Waals surface area contributed by atoms with Crippen LogP contribution in [0, 0.1) is 0 Å². The fraction of sp³-hybridized carbons (Fsp3) is 0.625. The molecule has 2 rings (SSSR count). The number of nitrogens with zero attached hydrogens (tertiary/aromatic N) is 1. The molecule has 3 heteroatoms. The number of carbonyl (C=O) groups excluding carboxylic acids is 1. The van der Waals surface area contributed by atoms with E-state index >= 15 is 0 Å². The highest BCUT2D eigenvalue weighted by Crippen LogP contribution is 2.28. The predicted molar refractivity (Wildman–Crippen MR) is 39.9 cm³/mol. The Kier molecular flexibility index (Phi) is 1.46. The molecule has 2 aliphatic heterocycles. The van der Waals surface area contributed by atoms with Crippen molar-refractivity contribution in [3.8, 4) is 0 Å². The molecule has 2 aliphatic rings. The monoisotopic (exact) mass is 153 g/mol. The molecule has 0 bridgehead atoms. The van der Waals surface area contributed by atoms with Crippen LogP contribution >= 0.6 is 0 Å². The summed E-state index contributed by atoms with van der Waals surface area (Å²) in [6, 6.07) is 0.229. The van der Waals surface area contributed by atoms with Gasteiger partial charge in [-0.3, -0.25) is 4.79 Å².